The van der Waals surface area contributed by atoms with Crippen LogP contribution in [0.25, 0.3) is 0 Å². The highest BCUT2D eigenvalue weighted by atomic mass is 32.2. The van der Waals surface area contributed by atoms with Gasteiger partial charge >= 0.3 is 0 Å². The van der Waals surface area contributed by atoms with Gasteiger partial charge in [-0.25, -0.2) is 8.42 Å². The number of hydrogen-bond acceptors (Lipinski definition) is 4. The van der Waals surface area contributed by atoms with E-state index in [-0.39, 0.29) is 6.04 Å². The molecule has 0 aliphatic carbocycles. The van der Waals surface area contributed by atoms with E-state index in [4.69, 9.17) is 5.26 Å². The lowest BCUT2D eigenvalue weighted by Gasteiger charge is -2.36. The van der Waals surface area contributed by atoms with Crippen LogP contribution < -0.4 is 0 Å². The van der Waals surface area contributed by atoms with E-state index in [0.29, 0.717) is 13.1 Å². The number of nitrogens with zero attached hydrogens (tertiary/aromatic N) is 3. The molecule has 1 atom stereocenters. The molecule has 0 aromatic rings. The second-order valence-electron chi connectivity index (χ2n) is 3.60. The van der Waals surface area contributed by atoms with Crippen molar-refractivity contribution in [3.05, 3.63) is 0 Å². The van der Waals surface area contributed by atoms with Gasteiger partial charge in [-0.3, -0.25) is 0 Å². The van der Waals surface area contributed by atoms with Gasteiger partial charge in [0.1, 0.15) is 0 Å². The Labute approximate surface area is 85.0 Å². The van der Waals surface area contributed by atoms with E-state index in [2.05, 4.69) is 4.90 Å². The molecule has 1 rings (SSSR count). The zero-order valence-corrected chi connectivity index (χ0v) is 9.29. The Bertz CT molecular complexity index is 333. The SMILES string of the molecule is CC1CN(S(=O)(=O)CC#N)CCN1C. The van der Waals surface area contributed by atoms with Gasteiger partial charge in [0.15, 0.2) is 5.75 Å². The zero-order chi connectivity index (χ0) is 10.8. The predicted octanol–water partition coefficient (Wildman–Crippen LogP) is -0.524. The first-order valence-electron chi connectivity index (χ1n) is 4.52. The number of rotatable bonds is 2. The summed E-state index contributed by atoms with van der Waals surface area (Å²) in [7, 11) is -1.37. The highest BCUT2D eigenvalue weighted by Crippen LogP contribution is 2.11. The molecule has 0 spiro atoms. The molecule has 1 aliphatic heterocycles. The Morgan fingerprint density at radius 1 is 1.50 bits per heavy atom. The molecule has 80 valence electrons. The Morgan fingerprint density at radius 2 is 2.14 bits per heavy atom. The van der Waals surface area contributed by atoms with E-state index in [0.717, 1.165) is 6.54 Å². The fourth-order valence-corrected chi connectivity index (χ4v) is 2.59. The van der Waals surface area contributed by atoms with Crippen LogP contribution in [-0.2, 0) is 10.0 Å². The van der Waals surface area contributed by atoms with E-state index < -0.39 is 15.8 Å². The van der Waals surface area contributed by atoms with Gasteiger partial charge in [0, 0.05) is 25.7 Å². The average molecular weight is 217 g/mol. The van der Waals surface area contributed by atoms with Crippen LogP contribution in [0.2, 0.25) is 0 Å². The van der Waals surface area contributed by atoms with Crippen LogP contribution in [0.15, 0.2) is 0 Å². The Hall–Kier alpha value is -0.640. The Kier molecular flexibility index (Phi) is 3.48. The highest BCUT2D eigenvalue weighted by Gasteiger charge is 2.28. The fourth-order valence-electron chi connectivity index (χ4n) is 1.44. The predicted molar refractivity (Wildman–Crippen MR) is 53.1 cm³/mol. The maximum absolute atomic E-state index is 11.5. The summed E-state index contributed by atoms with van der Waals surface area (Å²) >= 11 is 0. The second kappa shape index (κ2) is 4.26. The number of nitriles is 1. The second-order valence-corrected chi connectivity index (χ2v) is 5.57. The smallest absolute Gasteiger partial charge is 0.227 e. The molecule has 0 N–H and O–H groups in total. The normalized spacial score (nSPS) is 25.9. The monoisotopic (exact) mass is 217 g/mol. The van der Waals surface area contributed by atoms with Gasteiger partial charge in [-0.1, -0.05) is 0 Å². The van der Waals surface area contributed by atoms with Crippen molar-refractivity contribution in [2.75, 3.05) is 32.4 Å². The molecule has 0 radical (unpaired) electrons. The molecule has 0 aromatic carbocycles. The molecular weight excluding hydrogens is 202 g/mol. The van der Waals surface area contributed by atoms with Gasteiger partial charge in [0.2, 0.25) is 10.0 Å². The summed E-state index contributed by atoms with van der Waals surface area (Å²) in [6.07, 6.45) is 0. The Morgan fingerprint density at radius 3 is 2.64 bits per heavy atom. The van der Waals surface area contributed by atoms with Gasteiger partial charge in [-0.15, -0.1) is 0 Å². The van der Waals surface area contributed by atoms with Crippen LogP contribution in [0.3, 0.4) is 0 Å². The molecule has 1 fully saturated rings. The van der Waals surface area contributed by atoms with Crippen molar-refractivity contribution in [2.24, 2.45) is 0 Å². The van der Waals surface area contributed by atoms with Crippen LogP contribution in [-0.4, -0.2) is 56.1 Å². The summed E-state index contributed by atoms with van der Waals surface area (Å²) in [5, 5.41) is 8.38. The van der Waals surface area contributed by atoms with Gasteiger partial charge in [-0.05, 0) is 14.0 Å². The van der Waals surface area contributed by atoms with Gasteiger partial charge in [0.25, 0.3) is 0 Å². The summed E-state index contributed by atoms with van der Waals surface area (Å²) < 4.78 is 24.4. The summed E-state index contributed by atoms with van der Waals surface area (Å²) in [4.78, 5) is 2.11. The standard InChI is InChI=1S/C8H15N3O2S/c1-8-7-11(5-4-10(8)2)14(12,13)6-3-9/h8H,4-7H2,1-2H3. The first-order chi connectivity index (χ1) is 6.47. The minimum Gasteiger partial charge on any atom is -0.301 e. The number of sulfonamides is 1. The summed E-state index contributed by atoms with van der Waals surface area (Å²) in [5.41, 5.74) is 0. The minimum atomic E-state index is -3.34. The Balaban J connectivity index is 2.69. The van der Waals surface area contributed by atoms with Crippen molar-refractivity contribution in [1.82, 2.24) is 9.21 Å². The van der Waals surface area contributed by atoms with E-state index in [1.165, 1.54) is 4.31 Å². The summed E-state index contributed by atoms with van der Waals surface area (Å²) in [6, 6.07) is 1.91. The molecule has 1 aliphatic rings. The van der Waals surface area contributed by atoms with Gasteiger partial charge in [0.05, 0.1) is 6.07 Å². The average Bonchev–Trinajstić information content (AvgIpc) is 2.09. The topological polar surface area (TPSA) is 64.4 Å². The van der Waals surface area contributed by atoms with E-state index in [9.17, 15) is 8.42 Å². The van der Waals surface area contributed by atoms with Crippen LogP contribution in [0.1, 0.15) is 6.92 Å². The molecule has 14 heavy (non-hydrogen) atoms. The van der Waals surface area contributed by atoms with Gasteiger partial charge in [-0.2, -0.15) is 9.57 Å². The first-order valence-corrected chi connectivity index (χ1v) is 6.13. The van der Waals surface area contributed by atoms with E-state index in [1.807, 2.05) is 14.0 Å². The molecule has 0 bridgehead atoms. The third-order valence-corrected chi connectivity index (χ3v) is 4.18. The van der Waals surface area contributed by atoms with Crippen molar-refractivity contribution >= 4 is 10.0 Å². The molecule has 0 aromatic heterocycles. The van der Waals surface area contributed by atoms with Crippen molar-refractivity contribution in [2.45, 2.75) is 13.0 Å². The lowest BCUT2D eigenvalue weighted by atomic mass is 10.2. The van der Waals surface area contributed by atoms with Crippen molar-refractivity contribution in [1.29, 1.82) is 5.26 Å². The molecule has 1 unspecified atom stereocenters. The molecule has 1 saturated heterocycles. The summed E-state index contributed by atoms with van der Waals surface area (Å²) in [5.74, 6) is -0.413. The van der Waals surface area contributed by atoms with E-state index in [1.54, 1.807) is 6.07 Å². The molecule has 0 saturated carbocycles. The maximum atomic E-state index is 11.5. The zero-order valence-electron chi connectivity index (χ0n) is 8.47. The molecule has 6 heteroatoms. The van der Waals surface area contributed by atoms with Crippen LogP contribution >= 0.6 is 0 Å². The molecule has 1 heterocycles. The quantitative estimate of drug-likeness (QED) is 0.624. The van der Waals surface area contributed by atoms with E-state index >= 15 is 0 Å². The highest BCUT2D eigenvalue weighted by molar-refractivity contribution is 7.89. The number of likely N-dealkylation sites (N-methyl/N-ethyl adjacent to an activating group) is 1. The van der Waals surface area contributed by atoms with Crippen molar-refractivity contribution in [3.63, 3.8) is 0 Å². The molecule has 5 nitrogen and oxygen atoms in total. The summed E-state index contributed by atoms with van der Waals surface area (Å²) in [6.45, 7) is 3.69. The molecule has 0 amide bonds. The van der Waals surface area contributed by atoms with Crippen molar-refractivity contribution in [3.8, 4) is 6.07 Å². The lowest BCUT2D eigenvalue weighted by molar-refractivity contribution is 0.160. The maximum Gasteiger partial charge on any atom is 0.227 e. The minimum absolute atomic E-state index is 0.220. The number of hydrogen-bond donors (Lipinski definition) is 0. The number of piperazine rings is 1. The third kappa shape index (κ3) is 2.44. The van der Waals surface area contributed by atoms with Crippen LogP contribution in [0, 0.1) is 11.3 Å². The fraction of sp³-hybridized carbons (Fsp3) is 0.875. The third-order valence-electron chi connectivity index (χ3n) is 2.56. The van der Waals surface area contributed by atoms with Crippen LogP contribution in [0.5, 0.6) is 0 Å². The van der Waals surface area contributed by atoms with Gasteiger partial charge < -0.3 is 4.90 Å². The lowest BCUT2D eigenvalue weighted by Crippen LogP contribution is -2.52. The molecular formula is C8H15N3O2S. The first kappa shape index (κ1) is 11.4. The van der Waals surface area contributed by atoms with Crippen LogP contribution in [0.4, 0.5) is 0 Å². The van der Waals surface area contributed by atoms with Crippen molar-refractivity contribution < 1.29 is 8.42 Å². The largest absolute Gasteiger partial charge is 0.301 e.